The van der Waals surface area contributed by atoms with E-state index in [0.29, 0.717) is 17.6 Å². The van der Waals surface area contributed by atoms with Crippen LogP contribution >= 0.6 is 0 Å². The molecule has 0 radical (unpaired) electrons. The minimum absolute atomic E-state index is 0.0166. The number of benzene rings is 5. The second-order valence-corrected chi connectivity index (χ2v) is 17.9. The summed E-state index contributed by atoms with van der Waals surface area (Å²) < 4.78 is 2.32. The second kappa shape index (κ2) is 14.2. The third kappa shape index (κ3) is 5.65. The van der Waals surface area contributed by atoms with Gasteiger partial charge in [-0.05, 0) is 105 Å². The zero-order valence-electron chi connectivity index (χ0n) is 36.4. The van der Waals surface area contributed by atoms with Crippen molar-refractivity contribution in [3.05, 3.63) is 180 Å². The Balaban J connectivity index is 0.00000220. The molecule has 0 saturated carbocycles. The molecule has 1 unspecified atom stereocenters. The van der Waals surface area contributed by atoms with Crippen LogP contribution in [-0.2, 0) is 17.3 Å². The maximum atomic E-state index is 5.55. The van der Waals surface area contributed by atoms with Crippen LogP contribution in [0, 0.1) is 17.5 Å². The number of hydrogen-bond donors (Lipinski definition) is 0. The van der Waals surface area contributed by atoms with Crippen molar-refractivity contribution in [3.63, 3.8) is 0 Å². The van der Waals surface area contributed by atoms with Crippen LogP contribution in [0.25, 0.3) is 62.4 Å². The quantitative estimate of drug-likeness (QED) is 0.174. The molecule has 1 aliphatic heterocycles. The average molecular weight is 794 g/mol. The van der Waals surface area contributed by atoms with Gasteiger partial charge >= 0.3 is 0 Å². The summed E-state index contributed by atoms with van der Waals surface area (Å²) in [5, 5.41) is 1.19. The molecule has 0 bridgehead atoms. The molecule has 2 aliphatic carbocycles. The predicted octanol–water partition coefficient (Wildman–Crippen LogP) is 13.7. The van der Waals surface area contributed by atoms with Gasteiger partial charge in [-0.15, -0.1) is 0 Å². The van der Waals surface area contributed by atoms with E-state index < -0.39 is 0 Å². The van der Waals surface area contributed by atoms with E-state index in [0.717, 1.165) is 34.2 Å². The van der Waals surface area contributed by atoms with Crippen LogP contribution in [0.1, 0.15) is 83.3 Å². The van der Waals surface area contributed by atoms with Gasteiger partial charge in [0.1, 0.15) is 0 Å². The summed E-state index contributed by atoms with van der Waals surface area (Å²) in [6.45, 7) is 18.4. The number of para-hydroxylation sites is 3. The van der Waals surface area contributed by atoms with Crippen molar-refractivity contribution < 1.29 is 0 Å². The van der Waals surface area contributed by atoms with E-state index in [1.54, 1.807) is 0 Å². The van der Waals surface area contributed by atoms with Crippen LogP contribution in [0.15, 0.2) is 140 Å². The van der Waals surface area contributed by atoms with Gasteiger partial charge in [-0.3, -0.25) is 4.57 Å². The van der Waals surface area contributed by atoms with E-state index in [1.165, 1.54) is 50.3 Å². The minimum Gasteiger partial charge on any atom is -0.333 e. The molecule has 0 amide bonds. The van der Waals surface area contributed by atoms with Gasteiger partial charge < -0.3 is 4.90 Å². The molecule has 5 heteroatoms. The number of fused-ring (bicyclic) bond motifs is 7. The highest BCUT2D eigenvalue weighted by Gasteiger charge is 2.57. The van der Waals surface area contributed by atoms with Gasteiger partial charge in [-0.1, -0.05) is 152 Å². The van der Waals surface area contributed by atoms with Crippen LogP contribution < -0.4 is 4.90 Å². The summed E-state index contributed by atoms with van der Waals surface area (Å²) in [6.07, 6.45) is 3.21. The molecule has 2 aromatic heterocycles. The van der Waals surface area contributed by atoms with Gasteiger partial charge in [0.05, 0.1) is 11.6 Å². The summed E-state index contributed by atoms with van der Waals surface area (Å²) in [4.78, 5) is 18.8. The smallest absolute Gasteiger partial charge is 0.238 e. The van der Waals surface area contributed by atoms with Crippen molar-refractivity contribution >= 4 is 33.9 Å². The third-order valence-electron chi connectivity index (χ3n) is 14.6. The molecule has 0 fully saturated rings. The van der Waals surface area contributed by atoms with Crippen molar-refractivity contribution in [1.29, 1.82) is 0 Å². The summed E-state index contributed by atoms with van der Waals surface area (Å²) in [5.74, 6) is 1.91. The van der Waals surface area contributed by atoms with Crippen LogP contribution in [0.5, 0.6) is 0 Å². The molecule has 5 nitrogen and oxygen atoms in total. The molecule has 3 aliphatic rings. The van der Waals surface area contributed by atoms with Crippen LogP contribution in [-0.4, -0.2) is 25.6 Å². The lowest BCUT2D eigenvalue weighted by atomic mass is 9.59. The summed E-state index contributed by atoms with van der Waals surface area (Å²) in [6, 6.07) is 56.0. The van der Waals surface area contributed by atoms with E-state index in [2.05, 4.69) is 191 Å². The standard InChI is InChI=1S/C54H45N5.C2H6/c1-52(2)43-31-39(34-20-10-7-11-21-34)42(32-44(43)53(3,4)54(52,5)6)50-55-49(35-22-12-8-13-23-35)56-51(57-50)59-46-29-19-17-27-38(46)41-30-40-37-26-16-18-28-45(37)58(47(40)33-48(41)59)36-24-14-9-15-25-36;1-2/h8-10,12-32,47H,33H2,1-6H3;1-2H3. The number of hydrogen-bond acceptors (Lipinski definition) is 4. The first kappa shape index (κ1) is 38.4. The van der Waals surface area contributed by atoms with Crippen molar-refractivity contribution in [2.24, 2.45) is 5.41 Å². The van der Waals surface area contributed by atoms with Crippen LogP contribution in [0.4, 0.5) is 11.4 Å². The highest BCUT2D eigenvalue weighted by atomic mass is 15.2. The fourth-order valence-electron chi connectivity index (χ4n) is 10.3. The molecule has 6 aromatic carbocycles. The van der Waals surface area contributed by atoms with Crippen LogP contribution in [0.3, 0.4) is 0 Å². The molecule has 300 valence electrons. The molecule has 61 heavy (non-hydrogen) atoms. The minimum atomic E-state index is -0.114. The van der Waals surface area contributed by atoms with E-state index in [4.69, 9.17) is 15.0 Å². The van der Waals surface area contributed by atoms with E-state index in [9.17, 15) is 0 Å². The molecule has 0 N–H and O–H groups in total. The lowest BCUT2D eigenvalue weighted by molar-refractivity contribution is 0.125. The average Bonchev–Trinajstić information content (AvgIpc) is 3.83. The Morgan fingerprint density at radius 2 is 1.25 bits per heavy atom. The molecule has 1 atom stereocenters. The largest absolute Gasteiger partial charge is 0.333 e. The topological polar surface area (TPSA) is 46.8 Å². The third-order valence-corrected chi connectivity index (χ3v) is 14.6. The first-order valence-corrected chi connectivity index (χ1v) is 21.7. The maximum absolute atomic E-state index is 5.55. The normalized spacial score (nSPS) is 17.3. The number of rotatable bonds is 5. The van der Waals surface area contributed by atoms with Crippen molar-refractivity contribution in [2.75, 3.05) is 4.90 Å². The Morgan fingerprint density at radius 3 is 1.97 bits per heavy atom. The molecular formula is C56H51N5. The number of aromatic nitrogens is 4. The van der Waals surface area contributed by atoms with Gasteiger partial charge in [0.25, 0.3) is 0 Å². The van der Waals surface area contributed by atoms with E-state index in [1.807, 2.05) is 32.0 Å². The molecule has 0 saturated heterocycles. The highest BCUT2D eigenvalue weighted by molar-refractivity contribution is 6.05. The summed E-state index contributed by atoms with van der Waals surface area (Å²) in [5.41, 5.74) is 15.1. The molecule has 8 aromatic rings. The van der Waals surface area contributed by atoms with Crippen molar-refractivity contribution in [3.8, 4) is 39.9 Å². The first-order valence-electron chi connectivity index (χ1n) is 21.7. The van der Waals surface area contributed by atoms with Gasteiger partial charge in [0.2, 0.25) is 5.95 Å². The van der Waals surface area contributed by atoms with Crippen molar-refractivity contribution in [2.45, 2.75) is 78.7 Å². The van der Waals surface area contributed by atoms with Gasteiger partial charge in [-0.2, -0.15) is 9.97 Å². The summed E-state index contributed by atoms with van der Waals surface area (Å²) >= 11 is 0. The monoisotopic (exact) mass is 793 g/mol. The molecule has 3 heterocycles. The second-order valence-electron chi connectivity index (χ2n) is 17.9. The maximum Gasteiger partial charge on any atom is 0.238 e. The van der Waals surface area contributed by atoms with Gasteiger partial charge in [0.15, 0.2) is 11.6 Å². The van der Waals surface area contributed by atoms with Crippen LogP contribution in [0.2, 0.25) is 0 Å². The Bertz CT molecular complexity index is 2990. The number of anilines is 2. The molecule has 0 spiro atoms. The fraction of sp³-hybridized carbons (Fsp3) is 0.232. The van der Waals surface area contributed by atoms with E-state index in [-0.39, 0.29) is 22.3 Å². The Hall–Kier alpha value is -6.77. The fourth-order valence-corrected chi connectivity index (χ4v) is 10.3. The predicted molar refractivity (Wildman–Crippen MR) is 252 cm³/mol. The molecule has 11 rings (SSSR count). The zero-order chi connectivity index (χ0) is 42.3. The first-order chi connectivity index (χ1) is 29.5. The van der Waals surface area contributed by atoms with E-state index >= 15 is 0 Å². The van der Waals surface area contributed by atoms with Gasteiger partial charge in [0, 0.05) is 51.1 Å². The Morgan fingerprint density at radius 1 is 0.607 bits per heavy atom. The highest BCUT2D eigenvalue weighted by Crippen LogP contribution is 2.62. The lowest BCUT2D eigenvalue weighted by Crippen LogP contribution is -2.42. The summed E-state index contributed by atoms with van der Waals surface area (Å²) in [7, 11) is 0. The Kier molecular flexibility index (Phi) is 8.93. The zero-order valence-corrected chi connectivity index (χ0v) is 36.4. The number of nitrogens with zero attached hydrogens (tertiary/aromatic N) is 5. The molecular weight excluding hydrogens is 743 g/mol. The lowest BCUT2D eigenvalue weighted by Gasteiger charge is -2.44. The van der Waals surface area contributed by atoms with Crippen molar-refractivity contribution in [1.82, 2.24) is 19.5 Å². The van der Waals surface area contributed by atoms with Gasteiger partial charge in [-0.25, -0.2) is 4.98 Å². The Labute approximate surface area is 360 Å². The SMILES string of the molecule is CC.CC1(C)c2cc(-c3cc#ccc3)c(-c3nc(-c4ccccc4)nc(-n4c5c(c6ccccc64)C=C4c6ccccc6N(c6ccccc6)C4C5)n3)cc2C(C)(C)C1(C)C.